The maximum Gasteiger partial charge on any atom is 0.308 e. The number of carbonyl (C=O) groups excluding carboxylic acids is 1. The second-order valence-electron chi connectivity index (χ2n) is 7.25. The predicted octanol–water partition coefficient (Wildman–Crippen LogP) is 2.17. The fourth-order valence-electron chi connectivity index (χ4n) is 2.08. The highest BCUT2D eigenvalue weighted by atomic mass is 16.6. The fourth-order valence-corrected chi connectivity index (χ4v) is 2.08. The van der Waals surface area contributed by atoms with Crippen LogP contribution in [0.3, 0.4) is 0 Å². The minimum Gasteiger partial charge on any atom is -0.475 e. The summed E-state index contributed by atoms with van der Waals surface area (Å²) >= 11 is 0. The van der Waals surface area contributed by atoms with Gasteiger partial charge in [0.05, 0.1) is 64.2 Å². The third kappa shape index (κ3) is 15.2. The Kier molecular flexibility index (Phi) is 13.3. The summed E-state index contributed by atoms with van der Waals surface area (Å²) in [5.74, 6) is 0.0232. The highest BCUT2D eigenvalue weighted by Gasteiger charge is 2.15. The number of carbonyl (C=O) groups is 1. The van der Waals surface area contributed by atoms with Crippen molar-refractivity contribution in [3.63, 3.8) is 0 Å². The monoisotopic (exact) mass is 444 g/mol. The molecule has 11 heteroatoms. The summed E-state index contributed by atoms with van der Waals surface area (Å²) in [4.78, 5) is 25.3. The topological polar surface area (TPSA) is 128 Å². The summed E-state index contributed by atoms with van der Waals surface area (Å²) in [6.45, 7) is 8.92. The molecule has 0 fully saturated rings. The van der Waals surface area contributed by atoms with Crippen LogP contribution in [0.1, 0.15) is 27.2 Å². The van der Waals surface area contributed by atoms with E-state index in [2.05, 4.69) is 4.98 Å². The summed E-state index contributed by atoms with van der Waals surface area (Å²) in [7, 11) is 0. The summed E-state index contributed by atoms with van der Waals surface area (Å²) in [6, 6.07) is 2.77. The van der Waals surface area contributed by atoms with E-state index in [1.807, 2.05) is 20.8 Å². The van der Waals surface area contributed by atoms with Gasteiger partial charge in [-0.1, -0.05) is 0 Å². The lowest BCUT2D eigenvalue weighted by molar-refractivity contribution is -0.385. The van der Waals surface area contributed by atoms with Gasteiger partial charge in [-0.3, -0.25) is 14.9 Å². The number of hydrogen-bond acceptors (Lipinski definition) is 10. The van der Waals surface area contributed by atoms with Crippen LogP contribution < -0.4 is 4.74 Å². The first kappa shape index (κ1) is 26.7. The van der Waals surface area contributed by atoms with E-state index in [1.165, 1.54) is 12.1 Å². The molecule has 0 aliphatic heterocycles. The van der Waals surface area contributed by atoms with Gasteiger partial charge in [-0.25, -0.2) is 4.98 Å². The van der Waals surface area contributed by atoms with Gasteiger partial charge in [-0.15, -0.1) is 0 Å². The molecule has 31 heavy (non-hydrogen) atoms. The maximum atomic E-state index is 11.5. The standard InChI is InChI=1S/C20H32N2O9/c1-20(2,3)31-19(23)6-7-26-8-9-27-10-11-28-12-13-29-14-15-30-18-5-4-17(16-21-18)22(24)25/h4-5,16H,6-15H2,1-3H3. The molecule has 0 saturated carbocycles. The van der Waals surface area contributed by atoms with Gasteiger partial charge < -0.3 is 28.4 Å². The molecule has 176 valence electrons. The first-order chi connectivity index (χ1) is 14.8. The van der Waals surface area contributed by atoms with Gasteiger partial charge in [-0.2, -0.15) is 0 Å². The van der Waals surface area contributed by atoms with Crippen LogP contribution in [0.4, 0.5) is 5.69 Å². The molecule has 0 bridgehead atoms. The molecule has 1 aromatic heterocycles. The number of esters is 1. The first-order valence-corrected chi connectivity index (χ1v) is 10.0. The quantitative estimate of drug-likeness (QED) is 0.153. The summed E-state index contributed by atoms with van der Waals surface area (Å²) < 4.78 is 31.9. The largest absolute Gasteiger partial charge is 0.475 e. The van der Waals surface area contributed by atoms with Gasteiger partial charge in [0.25, 0.3) is 5.69 Å². The van der Waals surface area contributed by atoms with Gasteiger partial charge in [0.2, 0.25) is 5.88 Å². The van der Waals surface area contributed by atoms with Crippen LogP contribution in [-0.4, -0.2) is 80.9 Å². The number of rotatable bonds is 17. The van der Waals surface area contributed by atoms with E-state index in [4.69, 9.17) is 28.4 Å². The molecule has 0 aliphatic rings. The fraction of sp³-hybridized carbons (Fsp3) is 0.700. The van der Waals surface area contributed by atoms with Crippen molar-refractivity contribution in [2.75, 3.05) is 59.5 Å². The summed E-state index contributed by atoms with van der Waals surface area (Å²) in [5.41, 5.74) is -0.568. The van der Waals surface area contributed by atoms with Crippen LogP contribution in [0.2, 0.25) is 0 Å². The molecular formula is C20H32N2O9. The van der Waals surface area contributed by atoms with Crippen molar-refractivity contribution in [2.45, 2.75) is 32.8 Å². The number of nitrogens with zero attached hydrogens (tertiary/aromatic N) is 2. The van der Waals surface area contributed by atoms with E-state index < -0.39 is 10.5 Å². The number of aromatic nitrogens is 1. The summed E-state index contributed by atoms with van der Waals surface area (Å²) in [6.07, 6.45) is 1.36. The van der Waals surface area contributed by atoms with Crippen LogP contribution in [0.15, 0.2) is 18.3 Å². The Hall–Kier alpha value is -2.34. The molecule has 0 amide bonds. The Morgan fingerprint density at radius 2 is 1.42 bits per heavy atom. The van der Waals surface area contributed by atoms with E-state index in [0.29, 0.717) is 58.7 Å². The molecule has 0 aliphatic carbocycles. The van der Waals surface area contributed by atoms with Crippen LogP contribution >= 0.6 is 0 Å². The lowest BCUT2D eigenvalue weighted by Gasteiger charge is -2.19. The van der Waals surface area contributed by atoms with Crippen LogP contribution in [0.5, 0.6) is 5.88 Å². The minimum absolute atomic E-state index is 0.0875. The number of pyridine rings is 1. The van der Waals surface area contributed by atoms with Crippen LogP contribution in [0.25, 0.3) is 0 Å². The van der Waals surface area contributed by atoms with E-state index in [1.54, 1.807) is 0 Å². The molecule has 1 rings (SSSR count). The molecule has 0 atom stereocenters. The van der Waals surface area contributed by atoms with Crippen LogP contribution in [-0.2, 0) is 28.5 Å². The Bertz CT molecular complexity index is 633. The van der Waals surface area contributed by atoms with Crippen molar-refractivity contribution in [2.24, 2.45) is 0 Å². The molecule has 0 unspecified atom stereocenters. The molecule has 0 N–H and O–H groups in total. The second kappa shape index (κ2) is 15.5. The average Bonchev–Trinajstić information content (AvgIpc) is 2.70. The number of nitro groups is 1. The molecule has 0 spiro atoms. The van der Waals surface area contributed by atoms with E-state index in [-0.39, 0.29) is 24.7 Å². The highest BCUT2D eigenvalue weighted by molar-refractivity contribution is 5.69. The first-order valence-electron chi connectivity index (χ1n) is 10.0. The normalized spacial score (nSPS) is 11.3. The van der Waals surface area contributed by atoms with Gasteiger partial charge >= 0.3 is 5.97 Å². The van der Waals surface area contributed by atoms with Crippen molar-refractivity contribution in [3.05, 3.63) is 28.4 Å². The lowest BCUT2D eigenvalue weighted by Crippen LogP contribution is -2.24. The highest BCUT2D eigenvalue weighted by Crippen LogP contribution is 2.13. The Morgan fingerprint density at radius 1 is 0.903 bits per heavy atom. The van der Waals surface area contributed by atoms with Gasteiger partial charge in [0, 0.05) is 12.1 Å². The molecule has 0 aromatic carbocycles. The van der Waals surface area contributed by atoms with Gasteiger partial charge in [0.1, 0.15) is 18.4 Å². The van der Waals surface area contributed by atoms with Gasteiger partial charge in [-0.05, 0) is 20.8 Å². The Morgan fingerprint density at radius 3 is 1.87 bits per heavy atom. The van der Waals surface area contributed by atoms with Crippen molar-refractivity contribution < 1.29 is 38.1 Å². The zero-order valence-corrected chi connectivity index (χ0v) is 18.4. The Balaban J connectivity index is 1.82. The van der Waals surface area contributed by atoms with E-state index >= 15 is 0 Å². The Labute approximate surface area is 182 Å². The summed E-state index contributed by atoms with van der Waals surface area (Å²) in [5, 5.41) is 10.5. The number of hydrogen-bond donors (Lipinski definition) is 0. The minimum atomic E-state index is -0.520. The second-order valence-corrected chi connectivity index (χ2v) is 7.25. The molecule has 0 saturated heterocycles. The average molecular weight is 444 g/mol. The van der Waals surface area contributed by atoms with Crippen molar-refractivity contribution in [1.82, 2.24) is 4.98 Å². The maximum absolute atomic E-state index is 11.5. The third-order valence-corrected chi connectivity index (χ3v) is 3.40. The van der Waals surface area contributed by atoms with E-state index in [0.717, 1.165) is 6.20 Å². The predicted molar refractivity (Wildman–Crippen MR) is 110 cm³/mol. The molecule has 0 radical (unpaired) electrons. The SMILES string of the molecule is CC(C)(C)OC(=O)CCOCCOCCOCCOCCOc1ccc([N+](=O)[O-])cn1. The lowest BCUT2D eigenvalue weighted by atomic mass is 10.2. The van der Waals surface area contributed by atoms with Crippen LogP contribution in [0, 0.1) is 10.1 Å². The molecule has 1 heterocycles. The van der Waals surface area contributed by atoms with Crippen molar-refractivity contribution in [1.29, 1.82) is 0 Å². The zero-order chi connectivity index (χ0) is 23.0. The van der Waals surface area contributed by atoms with Crippen molar-refractivity contribution in [3.8, 4) is 5.88 Å². The zero-order valence-electron chi connectivity index (χ0n) is 18.4. The number of ether oxygens (including phenoxy) is 6. The van der Waals surface area contributed by atoms with Crippen molar-refractivity contribution >= 4 is 11.7 Å². The third-order valence-electron chi connectivity index (χ3n) is 3.40. The molecular weight excluding hydrogens is 412 g/mol. The van der Waals surface area contributed by atoms with E-state index in [9.17, 15) is 14.9 Å². The van der Waals surface area contributed by atoms with Gasteiger partial charge in [0.15, 0.2) is 0 Å². The smallest absolute Gasteiger partial charge is 0.308 e. The molecule has 11 nitrogen and oxygen atoms in total. The molecule has 1 aromatic rings.